The van der Waals surface area contributed by atoms with Crippen molar-refractivity contribution in [2.45, 2.75) is 13.3 Å². The molecule has 2 N–H and O–H groups in total. The van der Waals surface area contributed by atoms with Gasteiger partial charge in [-0.3, -0.25) is 0 Å². The largest absolute Gasteiger partial charge is 0.497 e. The van der Waals surface area contributed by atoms with Crippen LogP contribution in [-0.4, -0.2) is 17.1 Å². The number of benzene rings is 1. The minimum Gasteiger partial charge on any atom is -0.497 e. The number of methoxy groups -OCH3 is 1. The summed E-state index contributed by atoms with van der Waals surface area (Å²) in [5.41, 5.74) is 8.87. The third-order valence-corrected chi connectivity index (χ3v) is 4.61. The summed E-state index contributed by atoms with van der Waals surface area (Å²) in [5, 5.41) is 1.10. The normalized spacial score (nSPS) is 10.6. The molecule has 2 aromatic heterocycles. The molecule has 4 nitrogen and oxygen atoms in total. The smallest absolute Gasteiger partial charge is 0.123 e. The summed E-state index contributed by atoms with van der Waals surface area (Å²) >= 11 is 1.69. The van der Waals surface area contributed by atoms with Crippen molar-refractivity contribution in [3.05, 3.63) is 47.6 Å². The average Bonchev–Trinajstić information content (AvgIpc) is 2.99. The number of thiazole rings is 1. The van der Waals surface area contributed by atoms with Crippen LogP contribution in [0.1, 0.15) is 11.9 Å². The Morgan fingerprint density at radius 1 is 1.18 bits per heavy atom. The summed E-state index contributed by atoms with van der Waals surface area (Å²) in [4.78, 5) is 9.96. The molecule has 0 atom stereocenters. The van der Waals surface area contributed by atoms with E-state index in [9.17, 15) is 0 Å². The number of hydrogen-bond donors (Lipinski definition) is 1. The summed E-state index contributed by atoms with van der Waals surface area (Å²) in [6.45, 7) is 2.11. The second-order valence-electron chi connectivity index (χ2n) is 4.84. The predicted molar refractivity (Wildman–Crippen MR) is 91.1 cm³/mol. The van der Waals surface area contributed by atoms with E-state index in [2.05, 4.69) is 11.9 Å². The van der Waals surface area contributed by atoms with E-state index in [0.29, 0.717) is 5.82 Å². The van der Waals surface area contributed by atoms with Crippen LogP contribution in [0.2, 0.25) is 0 Å². The number of ether oxygens (including phenoxy) is 1. The lowest BCUT2D eigenvalue weighted by atomic mass is 10.1. The fraction of sp³-hybridized carbons (Fsp3) is 0.176. The predicted octanol–water partition coefficient (Wildman–Crippen LogP) is 4.03. The van der Waals surface area contributed by atoms with E-state index in [1.165, 1.54) is 0 Å². The van der Waals surface area contributed by atoms with Crippen molar-refractivity contribution in [2.75, 3.05) is 12.8 Å². The zero-order chi connectivity index (χ0) is 15.5. The van der Waals surface area contributed by atoms with E-state index in [4.69, 9.17) is 15.5 Å². The van der Waals surface area contributed by atoms with Crippen molar-refractivity contribution in [3.8, 4) is 27.4 Å². The number of aromatic nitrogens is 2. The third-order valence-electron chi connectivity index (χ3n) is 3.36. The van der Waals surface area contributed by atoms with Crippen LogP contribution in [0.25, 0.3) is 21.7 Å². The Balaban J connectivity index is 2.16. The first-order valence-corrected chi connectivity index (χ1v) is 7.89. The molecule has 0 radical (unpaired) electrons. The lowest BCUT2D eigenvalue weighted by molar-refractivity contribution is 0.415. The van der Waals surface area contributed by atoms with Gasteiger partial charge in [0.2, 0.25) is 0 Å². The van der Waals surface area contributed by atoms with Gasteiger partial charge >= 0.3 is 0 Å². The van der Waals surface area contributed by atoms with E-state index in [1.807, 2.05) is 36.4 Å². The number of nitrogen functional groups attached to an aromatic ring is 1. The second kappa shape index (κ2) is 6.15. The fourth-order valence-electron chi connectivity index (χ4n) is 2.27. The van der Waals surface area contributed by atoms with E-state index in [1.54, 1.807) is 24.6 Å². The van der Waals surface area contributed by atoms with Gasteiger partial charge in [0, 0.05) is 11.8 Å². The maximum atomic E-state index is 5.82. The van der Waals surface area contributed by atoms with Gasteiger partial charge in [0.1, 0.15) is 11.6 Å². The molecule has 5 heteroatoms. The molecule has 3 rings (SSSR count). The van der Waals surface area contributed by atoms with Crippen molar-refractivity contribution >= 4 is 17.2 Å². The Kier molecular flexibility index (Phi) is 4.06. The van der Waals surface area contributed by atoms with Gasteiger partial charge < -0.3 is 10.5 Å². The Bertz CT molecular complexity index is 798. The van der Waals surface area contributed by atoms with Crippen molar-refractivity contribution in [1.82, 2.24) is 9.97 Å². The summed E-state index contributed by atoms with van der Waals surface area (Å²) in [6, 6.07) is 11.8. The van der Waals surface area contributed by atoms with Gasteiger partial charge in [-0.1, -0.05) is 19.1 Å². The number of rotatable bonds is 4. The van der Waals surface area contributed by atoms with Gasteiger partial charge in [-0.15, -0.1) is 11.3 Å². The van der Waals surface area contributed by atoms with Crippen molar-refractivity contribution in [2.24, 2.45) is 0 Å². The van der Waals surface area contributed by atoms with E-state index in [0.717, 1.165) is 38.9 Å². The van der Waals surface area contributed by atoms with Crippen molar-refractivity contribution in [3.63, 3.8) is 0 Å². The molecule has 3 aromatic rings. The van der Waals surface area contributed by atoms with Crippen LogP contribution in [0.3, 0.4) is 0 Å². The first kappa shape index (κ1) is 14.5. The van der Waals surface area contributed by atoms with Crippen molar-refractivity contribution < 1.29 is 4.74 Å². The van der Waals surface area contributed by atoms with E-state index >= 15 is 0 Å². The highest BCUT2D eigenvalue weighted by atomic mass is 32.1. The standard InChI is InChI=1S/C17H17N3OS/c1-3-15-20-16(11-5-4-6-13(9-11)21-2)17(22-15)12-7-8-19-14(18)10-12/h4-10H,3H2,1-2H3,(H2,18,19). The highest BCUT2D eigenvalue weighted by molar-refractivity contribution is 7.15. The Morgan fingerprint density at radius 3 is 2.77 bits per heavy atom. The summed E-state index contributed by atoms with van der Waals surface area (Å²) in [5.74, 6) is 1.34. The molecule has 22 heavy (non-hydrogen) atoms. The number of nitrogens with two attached hydrogens (primary N) is 1. The lowest BCUT2D eigenvalue weighted by Gasteiger charge is -2.05. The average molecular weight is 311 g/mol. The SMILES string of the molecule is CCc1nc(-c2cccc(OC)c2)c(-c2ccnc(N)c2)s1. The van der Waals surface area contributed by atoms with Crippen LogP contribution < -0.4 is 10.5 Å². The summed E-state index contributed by atoms with van der Waals surface area (Å²) in [6.07, 6.45) is 2.63. The van der Waals surface area contributed by atoms with Crippen LogP contribution in [0.4, 0.5) is 5.82 Å². The molecule has 112 valence electrons. The Morgan fingerprint density at radius 2 is 2.05 bits per heavy atom. The minimum atomic E-state index is 0.514. The first-order chi connectivity index (χ1) is 10.7. The highest BCUT2D eigenvalue weighted by Gasteiger charge is 2.15. The molecule has 0 aliphatic heterocycles. The number of aryl methyl sites for hydroxylation is 1. The molecule has 0 amide bonds. The van der Waals surface area contributed by atoms with Crippen molar-refractivity contribution in [1.29, 1.82) is 0 Å². The Labute approximate surface area is 133 Å². The molecule has 0 unspecified atom stereocenters. The van der Waals surface area contributed by atoms with Gasteiger partial charge in [-0.2, -0.15) is 0 Å². The summed E-state index contributed by atoms with van der Waals surface area (Å²) in [7, 11) is 1.67. The number of hydrogen-bond acceptors (Lipinski definition) is 5. The quantitative estimate of drug-likeness (QED) is 0.790. The third kappa shape index (κ3) is 2.80. The fourth-order valence-corrected chi connectivity index (χ4v) is 3.29. The van der Waals surface area contributed by atoms with Gasteiger partial charge in [-0.05, 0) is 36.2 Å². The van der Waals surface area contributed by atoms with E-state index < -0.39 is 0 Å². The number of pyridine rings is 1. The lowest BCUT2D eigenvalue weighted by Crippen LogP contribution is -1.90. The molecule has 0 aliphatic carbocycles. The van der Waals surface area contributed by atoms with Gasteiger partial charge in [0.25, 0.3) is 0 Å². The number of anilines is 1. The van der Waals surface area contributed by atoms with Crippen LogP contribution in [0, 0.1) is 0 Å². The molecular weight excluding hydrogens is 294 g/mol. The Hall–Kier alpha value is -2.40. The molecule has 0 spiro atoms. The molecule has 0 saturated heterocycles. The minimum absolute atomic E-state index is 0.514. The molecule has 2 heterocycles. The molecule has 0 bridgehead atoms. The van der Waals surface area contributed by atoms with Gasteiger partial charge in [0.15, 0.2) is 0 Å². The molecular formula is C17H17N3OS. The van der Waals surface area contributed by atoms with Gasteiger partial charge in [-0.25, -0.2) is 9.97 Å². The molecule has 0 fully saturated rings. The topological polar surface area (TPSA) is 61.0 Å². The zero-order valence-corrected chi connectivity index (χ0v) is 13.4. The summed E-state index contributed by atoms with van der Waals surface area (Å²) < 4.78 is 5.32. The van der Waals surface area contributed by atoms with Crippen LogP contribution in [0.15, 0.2) is 42.6 Å². The zero-order valence-electron chi connectivity index (χ0n) is 12.5. The highest BCUT2D eigenvalue weighted by Crippen LogP contribution is 2.38. The first-order valence-electron chi connectivity index (χ1n) is 7.07. The molecule has 0 saturated carbocycles. The molecule has 0 aliphatic rings. The molecule has 1 aromatic carbocycles. The van der Waals surface area contributed by atoms with E-state index in [-0.39, 0.29) is 0 Å². The van der Waals surface area contributed by atoms with Crippen LogP contribution in [0.5, 0.6) is 5.75 Å². The van der Waals surface area contributed by atoms with Crippen LogP contribution in [-0.2, 0) is 6.42 Å². The monoisotopic (exact) mass is 311 g/mol. The second-order valence-corrected chi connectivity index (χ2v) is 5.92. The van der Waals surface area contributed by atoms with Gasteiger partial charge in [0.05, 0.1) is 22.7 Å². The number of nitrogens with zero attached hydrogens (tertiary/aromatic N) is 2. The maximum absolute atomic E-state index is 5.82. The van der Waals surface area contributed by atoms with Crippen LogP contribution >= 0.6 is 11.3 Å². The maximum Gasteiger partial charge on any atom is 0.123 e.